The zero-order valence-corrected chi connectivity index (χ0v) is 14.4. The minimum absolute atomic E-state index is 0.542. The van der Waals surface area contributed by atoms with Crippen LogP contribution in [0.4, 0.5) is 5.69 Å². The van der Waals surface area contributed by atoms with Gasteiger partial charge in [0.15, 0.2) is 5.82 Å². The fourth-order valence-electron chi connectivity index (χ4n) is 1.92. The van der Waals surface area contributed by atoms with E-state index in [9.17, 15) is 0 Å². The first-order valence-corrected chi connectivity index (χ1v) is 7.81. The van der Waals surface area contributed by atoms with Crippen LogP contribution in [0.1, 0.15) is 0 Å². The number of halogens is 3. The van der Waals surface area contributed by atoms with Gasteiger partial charge >= 0.3 is 0 Å². The number of tetrazole rings is 1. The summed E-state index contributed by atoms with van der Waals surface area (Å²) < 4.78 is 3.32. The van der Waals surface area contributed by atoms with Gasteiger partial charge in [-0.2, -0.15) is 4.68 Å². The van der Waals surface area contributed by atoms with E-state index >= 15 is 0 Å². The van der Waals surface area contributed by atoms with Crippen molar-refractivity contribution in [1.29, 1.82) is 0 Å². The Hall–Kier alpha value is -1.44. The normalized spacial score (nSPS) is 10.8. The van der Waals surface area contributed by atoms with Gasteiger partial charge in [-0.15, -0.1) is 5.10 Å². The second-order valence-corrected chi connectivity index (χ2v) is 6.52. The standard InChI is InChI=1S/C13H8Br2ClN5/c14-8-1-2-12(11(16)6-8)21-13(18-19-20-21)7-3-9(15)5-10(17)4-7/h1-6H,17H2. The summed E-state index contributed by atoms with van der Waals surface area (Å²) >= 11 is 13.0. The quantitative estimate of drug-likeness (QED) is 0.623. The molecule has 0 fully saturated rings. The highest BCUT2D eigenvalue weighted by Gasteiger charge is 2.14. The van der Waals surface area contributed by atoms with Crippen LogP contribution in [-0.4, -0.2) is 20.2 Å². The molecular formula is C13H8Br2ClN5. The van der Waals surface area contributed by atoms with Crippen molar-refractivity contribution in [3.63, 3.8) is 0 Å². The van der Waals surface area contributed by atoms with Crippen molar-refractivity contribution < 1.29 is 0 Å². The number of nitrogen functional groups attached to an aromatic ring is 1. The summed E-state index contributed by atoms with van der Waals surface area (Å²) in [7, 11) is 0. The Labute approximate surface area is 142 Å². The smallest absolute Gasteiger partial charge is 0.187 e. The molecule has 2 N–H and O–H groups in total. The molecule has 0 atom stereocenters. The zero-order valence-electron chi connectivity index (χ0n) is 10.5. The highest BCUT2D eigenvalue weighted by molar-refractivity contribution is 9.10. The minimum Gasteiger partial charge on any atom is -0.399 e. The predicted octanol–water partition coefficient (Wildman–Crippen LogP) is 4.09. The number of hydrogen-bond acceptors (Lipinski definition) is 4. The molecule has 5 nitrogen and oxygen atoms in total. The molecule has 0 saturated heterocycles. The maximum absolute atomic E-state index is 6.26. The van der Waals surface area contributed by atoms with Gasteiger partial charge in [0.05, 0.1) is 10.7 Å². The average molecular weight is 430 g/mol. The van der Waals surface area contributed by atoms with Crippen LogP contribution in [0.3, 0.4) is 0 Å². The zero-order chi connectivity index (χ0) is 15.0. The van der Waals surface area contributed by atoms with E-state index in [4.69, 9.17) is 17.3 Å². The Morgan fingerprint density at radius 2 is 1.86 bits per heavy atom. The van der Waals surface area contributed by atoms with Crippen LogP contribution in [0.15, 0.2) is 45.3 Å². The Kier molecular flexibility index (Phi) is 3.97. The van der Waals surface area contributed by atoms with Crippen LogP contribution in [-0.2, 0) is 0 Å². The second-order valence-electron chi connectivity index (χ2n) is 4.28. The summed E-state index contributed by atoms with van der Waals surface area (Å²) in [5.74, 6) is 0.562. The number of rotatable bonds is 2. The fraction of sp³-hybridized carbons (Fsp3) is 0. The van der Waals surface area contributed by atoms with Crippen molar-refractivity contribution in [2.45, 2.75) is 0 Å². The van der Waals surface area contributed by atoms with Crippen LogP contribution in [0.25, 0.3) is 17.1 Å². The predicted molar refractivity (Wildman–Crippen MR) is 89.4 cm³/mol. The van der Waals surface area contributed by atoms with E-state index in [0.717, 1.165) is 14.5 Å². The molecule has 0 bridgehead atoms. The van der Waals surface area contributed by atoms with Crippen molar-refractivity contribution in [2.75, 3.05) is 5.73 Å². The number of anilines is 1. The van der Waals surface area contributed by atoms with Crippen LogP contribution < -0.4 is 5.73 Å². The van der Waals surface area contributed by atoms with Crippen LogP contribution in [0.2, 0.25) is 5.02 Å². The van der Waals surface area contributed by atoms with E-state index in [1.807, 2.05) is 24.3 Å². The van der Waals surface area contributed by atoms with E-state index in [1.54, 1.807) is 16.8 Å². The molecule has 2 aromatic carbocycles. The summed E-state index contributed by atoms with van der Waals surface area (Å²) in [5, 5.41) is 12.4. The fourth-order valence-corrected chi connectivity index (χ4v) is 3.19. The van der Waals surface area contributed by atoms with Gasteiger partial charge < -0.3 is 5.73 Å². The Balaban J connectivity index is 2.17. The molecular weight excluding hydrogens is 421 g/mol. The molecule has 0 saturated carbocycles. The van der Waals surface area contributed by atoms with Crippen molar-refractivity contribution in [2.24, 2.45) is 0 Å². The first-order valence-electron chi connectivity index (χ1n) is 5.85. The lowest BCUT2D eigenvalue weighted by Gasteiger charge is -2.08. The molecule has 106 valence electrons. The number of nitrogens with two attached hydrogens (primary N) is 1. The third-order valence-electron chi connectivity index (χ3n) is 2.79. The van der Waals surface area contributed by atoms with Gasteiger partial charge in [-0.25, -0.2) is 0 Å². The molecule has 0 spiro atoms. The van der Waals surface area contributed by atoms with Crippen LogP contribution in [0.5, 0.6) is 0 Å². The molecule has 8 heteroatoms. The Bertz CT molecular complexity index is 798. The van der Waals surface area contributed by atoms with Gasteiger partial charge in [0.25, 0.3) is 0 Å². The summed E-state index contributed by atoms with van der Waals surface area (Å²) in [4.78, 5) is 0. The molecule has 3 aromatic rings. The number of benzene rings is 2. The van der Waals surface area contributed by atoms with Gasteiger partial charge in [-0.3, -0.25) is 0 Å². The van der Waals surface area contributed by atoms with Gasteiger partial charge in [0.2, 0.25) is 0 Å². The monoisotopic (exact) mass is 427 g/mol. The van der Waals surface area contributed by atoms with Crippen molar-refractivity contribution in [3.05, 3.63) is 50.4 Å². The van der Waals surface area contributed by atoms with Gasteiger partial charge in [-0.1, -0.05) is 43.5 Å². The third kappa shape index (κ3) is 2.95. The average Bonchev–Trinajstić information content (AvgIpc) is 2.86. The van der Waals surface area contributed by atoms with E-state index in [-0.39, 0.29) is 0 Å². The largest absolute Gasteiger partial charge is 0.399 e. The first-order chi connectivity index (χ1) is 10.0. The lowest BCUT2D eigenvalue weighted by molar-refractivity contribution is 0.791. The molecule has 0 aliphatic rings. The third-order valence-corrected chi connectivity index (χ3v) is 4.04. The molecule has 0 unspecified atom stereocenters. The van der Waals surface area contributed by atoms with Gasteiger partial charge in [0, 0.05) is 20.2 Å². The molecule has 21 heavy (non-hydrogen) atoms. The topological polar surface area (TPSA) is 69.6 Å². The molecule has 3 rings (SSSR count). The highest BCUT2D eigenvalue weighted by Crippen LogP contribution is 2.29. The molecule has 0 radical (unpaired) electrons. The summed E-state index contributed by atoms with van der Waals surface area (Å²) in [5.41, 5.74) is 7.98. The Morgan fingerprint density at radius 3 is 2.57 bits per heavy atom. The van der Waals surface area contributed by atoms with Crippen molar-refractivity contribution in [1.82, 2.24) is 20.2 Å². The van der Waals surface area contributed by atoms with E-state index < -0.39 is 0 Å². The maximum atomic E-state index is 6.26. The second kappa shape index (κ2) is 5.75. The van der Waals surface area contributed by atoms with Gasteiger partial charge in [-0.05, 0) is 46.8 Å². The SMILES string of the molecule is Nc1cc(Br)cc(-c2nnnn2-c2ccc(Br)cc2Cl)c1. The van der Waals surface area contributed by atoms with Crippen LogP contribution >= 0.6 is 43.5 Å². The van der Waals surface area contributed by atoms with E-state index in [2.05, 4.69) is 47.4 Å². The summed E-state index contributed by atoms with van der Waals surface area (Å²) in [6.45, 7) is 0. The lowest BCUT2D eigenvalue weighted by Crippen LogP contribution is -2.01. The maximum Gasteiger partial charge on any atom is 0.187 e. The number of nitrogens with zero attached hydrogens (tertiary/aromatic N) is 4. The van der Waals surface area contributed by atoms with Crippen molar-refractivity contribution in [3.8, 4) is 17.1 Å². The first kappa shape index (κ1) is 14.5. The molecule has 1 heterocycles. The highest BCUT2D eigenvalue weighted by atomic mass is 79.9. The van der Waals surface area contributed by atoms with Gasteiger partial charge in [0.1, 0.15) is 0 Å². The minimum atomic E-state index is 0.542. The molecule has 1 aromatic heterocycles. The molecule has 0 amide bonds. The summed E-state index contributed by atoms with van der Waals surface area (Å²) in [6, 6.07) is 11.0. The number of hydrogen-bond donors (Lipinski definition) is 1. The molecule has 0 aliphatic carbocycles. The molecule has 0 aliphatic heterocycles. The van der Waals surface area contributed by atoms with E-state index in [1.165, 1.54) is 0 Å². The number of aromatic nitrogens is 4. The van der Waals surface area contributed by atoms with E-state index in [0.29, 0.717) is 22.2 Å². The summed E-state index contributed by atoms with van der Waals surface area (Å²) in [6.07, 6.45) is 0. The lowest BCUT2D eigenvalue weighted by atomic mass is 10.2. The van der Waals surface area contributed by atoms with Crippen LogP contribution in [0, 0.1) is 0 Å². The Morgan fingerprint density at radius 1 is 1.05 bits per heavy atom. The van der Waals surface area contributed by atoms with Crippen molar-refractivity contribution >= 4 is 49.1 Å².